The predicted octanol–water partition coefficient (Wildman–Crippen LogP) is 2.91. The van der Waals surface area contributed by atoms with E-state index in [-0.39, 0.29) is 0 Å². The van der Waals surface area contributed by atoms with Crippen LogP contribution in [0.1, 0.15) is 12.5 Å². The lowest BCUT2D eigenvalue weighted by molar-refractivity contribution is 0.721. The van der Waals surface area contributed by atoms with Gasteiger partial charge in [-0.05, 0) is 18.7 Å². The SMILES string of the molecule is CCNCc1cnc(-c2ccccc2Cl)nc1. The predicted molar refractivity (Wildman–Crippen MR) is 69.9 cm³/mol. The number of aromatic nitrogens is 2. The summed E-state index contributed by atoms with van der Waals surface area (Å²) in [5.74, 6) is 0.663. The van der Waals surface area contributed by atoms with E-state index in [9.17, 15) is 0 Å². The van der Waals surface area contributed by atoms with Crippen molar-refractivity contribution in [3.8, 4) is 11.4 Å². The van der Waals surface area contributed by atoms with E-state index in [0.717, 1.165) is 24.2 Å². The quantitative estimate of drug-likeness (QED) is 0.903. The van der Waals surface area contributed by atoms with Crippen LogP contribution in [-0.4, -0.2) is 16.5 Å². The zero-order valence-corrected chi connectivity index (χ0v) is 10.4. The van der Waals surface area contributed by atoms with Crippen molar-refractivity contribution in [1.29, 1.82) is 0 Å². The summed E-state index contributed by atoms with van der Waals surface area (Å²) in [6.07, 6.45) is 3.66. The lowest BCUT2D eigenvalue weighted by Gasteiger charge is -2.04. The number of hydrogen-bond donors (Lipinski definition) is 1. The Morgan fingerprint density at radius 1 is 1.18 bits per heavy atom. The molecule has 0 aliphatic heterocycles. The molecule has 0 radical (unpaired) electrons. The Labute approximate surface area is 106 Å². The van der Waals surface area contributed by atoms with Crippen LogP contribution in [0, 0.1) is 0 Å². The highest BCUT2D eigenvalue weighted by Crippen LogP contribution is 2.23. The molecule has 1 heterocycles. The van der Waals surface area contributed by atoms with Gasteiger partial charge in [0.2, 0.25) is 0 Å². The van der Waals surface area contributed by atoms with Crippen molar-refractivity contribution in [3.63, 3.8) is 0 Å². The minimum atomic E-state index is 0.663. The van der Waals surface area contributed by atoms with Crippen molar-refractivity contribution < 1.29 is 0 Å². The number of halogens is 1. The van der Waals surface area contributed by atoms with Crippen LogP contribution in [0.2, 0.25) is 5.02 Å². The molecule has 0 bridgehead atoms. The van der Waals surface area contributed by atoms with Crippen molar-refractivity contribution in [2.45, 2.75) is 13.5 Å². The largest absolute Gasteiger partial charge is 0.313 e. The maximum Gasteiger partial charge on any atom is 0.160 e. The second kappa shape index (κ2) is 5.75. The van der Waals surface area contributed by atoms with Crippen molar-refractivity contribution in [1.82, 2.24) is 15.3 Å². The van der Waals surface area contributed by atoms with Crippen molar-refractivity contribution >= 4 is 11.6 Å². The molecule has 2 aromatic rings. The number of hydrogen-bond acceptors (Lipinski definition) is 3. The van der Waals surface area contributed by atoms with Crippen LogP contribution in [-0.2, 0) is 6.54 Å². The Morgan fingerprint density at radius 2 is 1.88 bits per heavy atom. The summed E-state index contributed by atoms with van der Waals surface area (Å²) < 4.78 is 0. The molecule has 1 N–H and O–H groups in total. The van der Waals surface area contributed by atoms with Crippen molar-refractivity contribution in [2.24, 2.45) is 0 Å². The molecule has 2 rings (SSSR count). The Morgan fingerprint density at radius 3 is 2.53 bits per heavy atom. The van der Waals surface area contributed by atoms with Crippen LogP contribution in [0.5, 0.6) is 0 Å². The summed E-state index contributed by atoms with van der Waals surface area (Å²) in [7, 11) is 0. The summed E-state index contributed by atoms with van der Waals surface area (Å²) in [5.41, 5.74) is 1.94. The molecule has 0 amide bonds. The van der Waals surface area contributed by atoms with Gasteiger partial charge in [0.15, 0.2) is 5.82 Å². The first-order valence-electron chi connectivity index (χ1n) is 5.58. The van der Waals surface area contributed by atoms with Crippen molar-refractivity contribution in [3.05, 3.63) is 47.2 Å². The van der Waals surface area contributed by atoms with Gasteiger partial charge in [-0.1, -0.05) is 30.7 Å². The molecule has 1 aromatic carbocycles. The van der Waals surface area contributed by atoms with Crippen LogP contribution in [0.3, 0.4) is 0 Å². The van der Waals surface area contributed by atoms with E-state index in [2.05, 4.69) is 22.2 Å². The molecule has 0 spiro atoms. The monoisotopic (exact) mass is 247 g/mol. The van der Waals surface area contributed by atoms with E-state index < -0.39 is 0 Å². The minimum absolute atomic E-state index is 0.663. The molecule has 0 unspecified atom stereocenters. The summed E-state index contributed by atoms with van der Waals surface area (Å²) in [6.45, 7) is 3.80. The molecule has 0 atom stereocenters. The first-order chi connectivity index (χ1) is 8.31. The highest BCUT2D eigenvalue weighted by atomic mass is 35.5. The molecule has 3 nitrogen and oxygen atoms in total. The number of nitrogens with one attached hydrogen (secondary N) is 1. The highest BCUT2D eigenvalue weighted by Gasteiger charge is 2.05. The average molecular weight is 248 g/mol. The third kappa shape index (κ3) is 3.02. The third-order valence-corrected chi connectivity index (χ3v) is 2.73. The molecule has 0 aliphatic carbocycles. The van der Waals surface area contributed by atoms with E-state index in [4.69, 9.17) is 11.6 Å². The second-order valence-corrected chi connectivity index (χ2v) is 4.08. The third-order valence-electron chi connectivity index (χ3n) is 2.40. The van der Waals surface area contributed by atoms with Gasteiger partial charge in [0.25, 0.3) is 0 Å². The summed E-state index contributed by atoms with van der Waals surface area (Å²) in [6, 6.07) is 7.58. The molecule has 4 heteroatoms. The van der Waals surface area contributed by atoms with Gasteiger partial charge in [-0.3, -0.25) is 0 Å². The smallest absolute Gasteiger partial charge is 0.160 e. The molecule has 0 aliphatic rings. The van der Waals surface area contributed by atoms with Gasteiger partial charge in [-0.2, -0.15) is 0 Å². The van der Waals surface area contributed by atoms with Gasteiger partial charge in [-0.25, -0.2) is 9.97 Å². The molecule has 0 saturated carbocycles. The van der Waals surface area contributed by atoms with Gasteiger partial charge < -0.3 is 5.32 Å². The fraction of sp³-hybridized carbons (Fsp3) is 0.231. The average Bonchev–Trinajstić information content (AvgIpc) is 2.38. The van der Waals surface area contributed by atoms with E-state index in [1.165, 1.54) is 0 Å². The topological polar surface area (TPSA) is 37.8 Å². The van der Waals surface area contributed by atoms with Crippen LogP contribution >= 0.6 is 11.6 Å². The fourth-order valence-corrected chi connectivity index (χ4v) is 1.72. The molecule has 0 saturated heterocycles. The van der Waals surface area contributed by atoms with Crippen molar-refractivity contribution in [2.75, 3.05) is 6.54 Å². The number of nitrogens with zero attached hydrogens (tertiary/aromatic N) is 2. The lowest BCUT2D eigenvalue weighted by atomic mass is 10.2. The van der Waals surface area contributed by atoms with Gasteiger partial charge in [0, 0.05) is 30.1 Å². The Hall–Kier alpha value is -1.45. The van der Waals surface area contributed by atoms with Crippen LogP contribution in [0.25, 0.3) is 11.4 Å². The summed E-state index contributed by atoms with van der Waals surface area (Å²) in [4.78, 5) is 8.65. The maximum absolute atomic E-state index is 6.09. The molecule has 1 aromatic heterocycles. The highest BCUT2D eigenvalue weighted by molar-refractivity contribution is 6.33. The second-order valence-electron chi connectivity index (χ2n) is 3.68. The Balaban J connectivity index is 2.21. The van der Waals surface area contributed by atoms with Gasteiger partial charge in [0.05, 0.1) is 5.02 Å². The van der Waals surface area contributed by atoms with E-state index in [0.29, 0.717) is 10.8 Å². The first kappa shape index (κ1) is 12.0. The zero-order valence-electron chi connectivity index (χ0n) is 9.65. The molecule has 17 heavy (non-hydrogen) atoms. The van der Waals surface area contributed by atoms with Crippen LogP contribution in [0.15, 0.2) is 36.7 Å². The van der Waals surface area contributed by atoms with Gasteiger partial charge in [-0.15, -0.1) is 0 Å². The molecule has 0 fully saturated rings. The fourth-order valence-electron chi connectivity index (χ4n) is 1.50. The lowest BCUT2D eigenvalue weighted by Crippen LogP contribution is -2.12. The number of benzene rings is 1. The molecule has 88 valence electrons. The van der Waals surface area contributed by atoms with Gasteiger partial charge >= 0.3 is 0 Å². The van der Waals surface area contributed by atoms with E-state index in [1.54, 1.807) is 0 Å². The standard InChI is InChI=1S/C13H14ClN3/c1-2-15-7-10-8-16-13(17-9-10)11-5-3-4-6-12(11)14/h3-6,8-9,15H,2,7H2,1H3. The number of rotatable bonds is 4. The maximum atomic E-state index is 6.09. The summed E-state index contributed by atoms with van der Waals surface area (Å²) >= 11 is 6.09. The summed E-state index contributed by atoms with van der Waals surface area (Å²) in [5, 5.41) is 3.90. The Kier molecular flexibility index (Phi) is 4.07. The van der Waals surface area contributed by atoms with Crippen LogP contribution < -0.4 is 5.32 Å². The zero-order chi connectivity index (χ0) is 12.1. The van der Waals surface area contributed by atoms with E-state index in [1.807, 2.05) is 36.7 Å². The van der Waals surface area contributed by atoms with Crippen LogP contribution in [0.4, 0.5) is 0 Å². The first-order valence-corrected chi connectivity index (χ1v) is 5.95. The van der Waals surface area contributed by atoms with E-state index >= 15 is 0 Å². The Bertz CT molecular complexity index is 482. The molecular weight excluding hydrogens is 234 g/mol. The minimum Gasteiger partial charge on any atom is -0.313 e. The van der Waals surface area contributed by atoms with Gasteiger partial charge in [0.1, 0.15) is 0 Å². The molecular formula is C13H14ClN3. The normalized spacial score (nSPS) is 10.5.